The van der Waals surface area contributed by atoms with E-state index in [0.29, 0.717) is 17.4 Å². The van der Waals surface area contributed by atoms with Crippen LogP contribution >= 0.6 is 11.3 Å². The number of ether oxygens (including phenoxy) is 1. The predicted molar refractivity (Wildman–Crippen MR) is 85.7 cm³/mol. The van der Waals surface area contributed by atoms with Crippen LogP contribution in [0.5, 0.6) is 5.75 Å². The Morgan fingerprint density at radius 2 is 2.33 bits per heavy atom. The van der Waals surface area contributed by atoms with Crippen LogP contribution in [0.4, 0.5) is 10.8 Å². The van der Waals surface area contributed by atoms with Crippen molar-refractivity contribution in [2.45, 2.75) is 6.92 Å². The Hall–Kier alpha value is -2.34. The molecule has 0 spiro atoms. The number of benzene rings is 1. The molecule has 1 aromatic carbocycles. The van der Waals surface area contributed by atoms with Crippen molar-refractivity contribution in [3.8, 4) is 5.75 Å². The third kappa shape index (κ3) is 3.82. The molecule has 0 aliphatic rings. The first-order chi connectivity index (χ1) is 10.1. The third-order valence-electron chi connectivity index (χ3n) is 2.74. The lowest BCUT2D eigenvalue weighted by atomic mass is 10.2. The fourth-order valence-electron chi connectivity index (χ4n) is 1.73. The van der Waals surface area contributed by atoms with Crippen LogP contribution in [0.15, 0.2) is 36.2 Å². The van der Waals surface area contributed by atoms with Gasteiger partial charge in [0.1, 0.15) is 11.4 Å². The maximum absolute atomic E-state index is 11.8. The summed E-state index contributed by atoms with van der Waals surface area (Å²) in [6.45, 7) is 5.98. The van der Waals surface area contributed by atoms with Gasteiger partial charge in [-0.15, -0.1) is 17.9 Å². The Morgan fingerprint density at radius 1 is 1.52 bits per heavy atom. The van der Waals surface area contributed by atoms with Crippen LogP contribution in [0.2, 0.25) is 0 Å². The third-order valence-corrected chi connectivity index (χ3v) is 3.50. The van der Waals surface area contributed by atoms with Crippen molar-refractivity contribution >= 4 is 28.1 Å². The number of hydrogen-bond donors (Lipinski definition) is 2. The van der Waals surface area contributed by atoms with Crippen LogP contribution in [0.25, 0.3) is 0 Å². The first-order valence-electron chi connectivity index (χ1n) is 6.40. The van der Waals surface area contributed by atoms with E-state index in [-0.39, 0.29) is 5.91 Å². The molecule has 1 aromatic heterocycles. The summed E-state index contributed by atoms with van der Waals surface area (Å²) in [6, 6.07) is 5.83. The molecule has 1 heterocycles. The summed E-state index contributed by atoms with van der Waals surface area (Å²) < 4.78 is 5.30. The molecule has 0 unspecified atom stereocenters. The summed E-state index contributed by atoms with van der Waals surface area (Å²) in [5.41, 5.74) is 2.32. The number of aryl methyl sites for hydroxylation is 1. The molecular weight excluding hydrogens is 286 g/mol. The molecule has 0 atom stereocenters. The van der Waals surface area contributed by atoms with Gasteiger partial charge in [-0.2, -0.15) is 0 Å². The first kappa shape index (κ1) is 15.1. The lowest BCUT2D eigenvalue weighted by Gasteiger charge is -2.09. The van der Waals surface area contributed by atoms with E-state index in [4.69, 9.17) is 4.74 Å². The molecule has 0 saturated heterocycles. The van der Waals surface area contributed by atoms with E-state index >= 15 is 0 Å². The van der Waals surface area contributed by atoms with E-state index in [1.807, 2.05) is 25.1 Å². The Morgan fingerprint density at radius 3 is 3.05 bits per heavy atom. The van der Waals surface area contributed by atoms with Crippen molar-refractivity contribution in [3.05, 3.63) is 47.5 Å². The van der Waals surface area contributed by atoms with Gasteiger partial charge in [-0.1, -0.05) is 12.1 Å². The van der Waals surface area contributed by atoms with Crippen molar-refractivity contribution in [2.75, 3.05) is 19.0 Å². The molecule has 0 fully saturated rings. The standard InChI is InChI=1S/C15H17N3O2S/c1-4-7-16-14(19)12-9-21-15(18-12)17-11-8-10(2)5-6-13(11)20-3/h4-6,8-9H,1,7H2,2-3H3,(H,16,19)(H,17,18). The molecule has 5 nitrogen and oxygen atoms in total. The highest BCUT2D eigenvalue weighted by atomic mass is 32.1. The fourth-order valence-corrected chi connectivity index (χ4v) is 2.43. The van der Waals surface area contributed by atoms with Gasteiger partial charge in [-0.3, -0.25) is 4.79 Å². The molecule has 0 radical (unpaired) electrons. The topological polar surface area (TPSA) is 63.2 Å². The first-order valence-corrected chi connectivity index (χ1v) is 7.28. The second-order valence-electron chi connectivity index (χ2n) is 4.37. The number of anilines is 2. The number of amides is 1. The van der Waals surface area contributed by atoms with E-state index in [9.17, 15) is 4.79 Å². The van der Waals surface area contributed by atoms with E-state index in [1.54, 1.807) is 18.6 Å². The van der Waals surface area contributed by atoms with Crippen molar-refractivity contribution < 1.29 is 9.53 Å². The summed E-state index contributed by atoms with van der Waals surface area (Å²) in [4.78, 5) is 16.0. The minimum atomic E-state index is -0.213. The van der Waals surface area contributed by atoms with Gasteiger partial charge in [0.05, 0.1) is 12.8 Å². The minimum Gasteiger partial charge on any atom is -0.495 e. The fraction of sp³-hybridized carbons (Fsp3) is 0.200. The molecule has 0 aliphatic carbocycles. The molecule has 2 aromatic rings. The van der Waals surface area contributed by atoms with E-state index in [0.717, 1.165) is 17.0 Å². The molecule has 2 rings (SSSR count). The minimum absolute atomic E-state index is 0.213. The summed E-state index contributed by atoms with van der Waals surface area (Å²) >= 11 is 1.37. The Bertz CT molecular complexity index is 652. The quantitative estimate of drug-likeness (QED) is 0.805. The van der Waals surface area contributed by atoms with Gasteiger partial charge in [0.2, 0.25) is 0 Å². The van der Waals surface area contributed by atoms with E-state index in [2.05, 4.69) is 22.2 Å². The molecule has 0 bridgehead atoms. The molecule has 0 saturated carbocycles. The molecule has 0 aliphatic heterocycles. The van der Waals surface area contributed by atoms with Crippen molar-refractivity contribution in [2.24, 2.45) is 0 Å². The average Bonchev–Trinajstić information content (AvgIpc) is 2.93. The van der Waals surface area contributed by atoms with E-state index < -0.39 is 0 Å². The Labute approximate surface area is 127 Å². The van der Waals surface area contributed by atoms with Gasteiger partial charge >= 0.3 is 0 Å². The molecule has 110 valence electrons. The van der Waals surface area contributed by atoms with Gasteiger partial charge in [0, 0.05) is 11.9 Å². The van der Waals surface area contributed by atoms with Crippen LogP contribution in [0.1, 0.15) is 16.1 Å². The second-order valence-corrected chi connectivity index (χ2v) is 5.22. The lowest BCUT2D eigenvalue weighted by molar-refractivity contribution is 0.0954. The molecule has 21 heavy (non-hydrogen) atoms. The number of thiazole rings is 1. The highest BCUT2D eigenvalue weighted by molar-refractivity contribution is 7.14. The highest BCUT2D eigenvalue weighted by Crippen LogP contribution is 2.29. The SMILES string of the molecule is C=CCNC(=O)c1csc(Nc2cc(C)ccc2OC)n1. The largest absolute Gasteiger partial charge is 0.495 e. The summed E-state index contributed by atoms with van der Waals surface area (Å²) in [6.07, 6.45) is 1.63. The summed E-state index contributed by atoms with van der Waals surface area (Å²) in [5, 5.41) is 8.22. The zero-order valence-electron chi connectivity index (χ0n) is 12.0. The number of carbonyl (C=O) groups excluding carboxylic acids is 1. The average molecular weight is 303 g/mol. The molecule has 6 heteroatoms. The lowest BCUT2D eigenvalue weighted by Crippen LogP contribution is -2.23. The van der Waals surface area contributed by atoms with Gasteiger partial charge < -0.3 is 15.4 Å². The van der Waals surface area contributed by atoms with Crippen LogP contribution in [-0.2, 0) is 0 Å². The zero-order valence-corrected chi connectivity index (χ0v) is 12.8. The number of carbonyl (C=O) groups is 1. The van der Waals surface area contributed by atoms with Crippen molar-refractivity contribution in [1.29, 1.82) is 0 Å². The number of aromatic nitrogens is 1. The summed E-state index contributed by atoms with van der Waals surface area (Å²) in [5.74, 6) is 0.517. The second kappa shape index (κ2) is 6.90. The van der Waals surface area contributed by atoms with Crippen molar-refractivity contribution in [1.82, 2.24) is 10.3 Å². The normalized spacial score (nSPS) is 10.0. The number of nitrogens with zero attached hydrogens (tertiary/aromatic N) is 1. The number of hydrogen-bond acceptors (Lipinski definition) is 5. The highest BCUT2D eigenvalue weighted by Gasteiger charge is 2.11. The Kier molecular flexibility index (Phi) is 4.94. The van der Waals surface area contributed by atoms with Crippen molar-refractivity contribution in [3.63, 3.8) is 0 Å². The van der Waals surface area contributed by atoms with Gasteiger partial charge in [-0.25, -0.2) is 4.98 Å². The number of rotatable bonds is 6. The maximum Gasteiger partial charge on any atom is 0.271 e. The van der Waals surface area contributed by atoms with Crippen LogP contribution < -0.4 is 15.4 Å². The smallest absolute Gasteiger partial charge is 0.271 e. The van der Waals surface area contributed by atoms with Crippen LogP contribution in [0, 0.1) is 6.92 Å². The van der Waals surface area contributed by atoms with E-state index in [1.165, 1.54) is 11.3 Å². The maximum atomic E-state index is 11.8. The zero-order chi connectivity index (χ0) is 15.2. The van der Waals surface area contributed by atoms with Gasteiger partial charge in [0.25, 0.3) is 5.91 Å². The number of nitrogens with one attached hydrogen (secondary N) is 2. The molecule has 1 amide bonds. The number of methoxy groups -OCH3 is 1. The predicted octanol–water partition coefficient (Wildman–Crippen LogP) is 3.12. The van der Waals surface area contributed by atoms with Gasteiger partial charge in [0.15, 0.2) is 5.13 Å². The monoisotopic (exact) mass is 303 g/mol. The van der Waals surface area contributed by atoms with Crippen LogP contribution in [-0.4, -0.2) is 24.5 Å². The summed E-state index contributed by atoms with van der Waals surface area (Å²) in [7, 11) is 1.62. The molecular formula is C15H17N3O2S. The molecule has 2 N–H and O–H groups in total. The Balaban J connectivity index is 2.14. The van der Waals surface area contributed by atoms with Gasteiger partial charge in [-0.05, 0) is 24.6 Å². The van der Waals surface area contributed by atoms with Crippen LogP contribution in [0.3, 0.4) is 0 Å².